The maximum Gasteiger partial charge on any atom is 0.309 e. The number of hydrogen-bond acceptors (Lipinski definition) is 4. The molecule has 1 aromatic rings. The summed E-state index contributed by atoms with van der Waals surface area (Å²) in [6.07, 6.45) is 0. The normalized spacial score (nSPS) is 11.2. The second-order valence-corrected chi connectivity index (χ2v) is 2.81. The van der Waals surface area contributed by atoms with Crippen molar-refractivity contribution in [3.05, 3.63) is 41.8 Å². The standard InChI is InChI=1S/C11H10N2O2/c1-8(14)15-11(13)10(7-12)9-5-3-2-4-6-9/h2-6H,13H2,1H3/b11-10-. The molecule has 0 aliphatic carbocycles. The van der Waals surface area contributed by atoms with Gasteiger partial charge in [0.15, 0.2) is 0 Å². The zero-order valence-electron chi connectivity index (χ0n) is 8.23. The van der Waals surface area contributed by atoms with Crippen molar-refractivity contribution in [1.29, 1.82) is 5.26 Å². The molecule has 4 nitrogen and oxygen atoms in total. The highest BCUT2D eigenvalue weighted by atomic mass is 16.5. The van der Waals surface area contributed by atoms with Crippen molar-refractivity contribution in [2.45, 2.75) is 6.92 Å². The summed E-state index contributed by atoms with van der Waals surface area (Å²) < 4.78 is 4.65. The molecule has 0 spiro atoms. The lowest BCUT2D eigenvalue weighted by Gasteiger charge is -2.04. The molecule has 1 rings (SSSR count). The number of nitrogens with zero attached hydrogens (tertiary/aromatic N) is 1. The van der Waals surface area contributed by atoms with Gasteiger partial charge >= 0.3 is 5.97 Å². The first kappa shape index (κ1) is 10.8. The summed E-state index contributed by atoms with van der Waals surface area (Å²) in [7, 11) is 0. The number of carbonyl (C=O) groups excluding carboxylic acids is 1. The van der Waals surface area contributed by atoms with Crippen LogP contribution in [0.5, 0.6) is 0 Å². The molecule has 0 saturated heterocycles. The van der Waals surface area contributed by atoms with Crippen molar-refractivity contribution in [2.75, 3.05) is 0 Å². The summed E-state index contributed by atoms with van der Waals surface area (Å²) in [5.41, 5.74) is 6.26. The second-order valence-electron chi connectivity index (χ2n) is 2.81. The largest absolute Gasteiger partial charge is 0.409 e. The van der Waals surface area contributed by atoms with Crippen LogP contribution in [-0.2, 0) is 9.53 Å². The molecule has 0 aliphatic rings. The van der Waals surface area contributed by atoms with E-state index >= 15 is 0 Å². The monoisotopic (exact) mass is 202 g/mol. The van der Waals surface area contributed by atoms with E-state index in [1.54, 1.807) is 24.3 Å². The van der Waals surface area contributed by atoms with Gasteiger partial charge < -0.3 is 10.5 Å². The van der Waals surface area contributed by atoms with Gasteiger partial charge in [-0.25, -0.2) is 0 Å². The lowest BCUT2D eigenvalue weighted by atomic mass is 10.1. The topological polar surface area (TPSA) is 76.1 Å². The number of nitriles is 1. The Balaban J connectivity index is 3.09. The van der Waals surface area contributed by atoms with Crippen LogP contribution in [0.2, 0.25) is 0 Å². The molecule has 2 N–H and O–H groups in total. The first-order valence-corrected chi connectivity index (χ1v) is 4.29. The van der Waals surface area contributed by atoms with Crippen molar-refractivity contribution in [3.63, 3.8) is 0 Å². The molecule has 4 heteroatoms. The molecule has 15 heavy (non-hydrogen) atoms. The van der Waals surface area contributed by atoms with E-state index in [-0.39, 0.29) is 11.5 Å². The predicted octanol–water partition coefficient (Wildman–Crippen LogP) is 1.40. The Labute approximate surface area is 87.6 Å². The number of rotatable bonds is 2. The Morgan fingerprint density at radius 1 is 1.40 bits per heavy atom. The van der Waals surface area contributed by atoms with Crippen molar-refractivity contribution in [3.8, 4) is 6.07 Å². The van der Waals surface area contributed by atoms with E-state index in [4.69, 9.17) is 11.0 Å². The highest BCUT2D eigenvalue weighted by Crippen LogP contribution is 2.15. The van der Waals surface area contributed by atoms with Crippen LogP contribution in [-0.4, -0.2) is 5.97 Å². The molecule has 0 bridgehead atoms. The quantitative estimate of drug-likeness (QED) is 0.446. The minimum atomic E-state index is -0.545. The third kappa shape index (κ3) is 2.85. The third-order valence-corrected chi connectivity index (χ3v) is 1.67. The molecule has 0 radical (unpaired) electrons. The lowest BCUT2D eigenvalue weighted by Crippen LogP contribution is -2.09. The predicted molar refractivity (Wildman–Crippen MR) is 54.9 cm³/mol. The van der Waals surface area contributed by atoms with Gasteiger partial charge in [-0.05, 0) is 5.56 Å². The SMILES string of the molecule is CC(=O)O/C(N)=C(/C#N)c1ccccc1. The van der Waals surface area contributed by atoms with Crippen LogP contribution in [0.15, 0.2) is 36.2 Å². The second kappa shape index (κ2) is 4.82. The summed E-state index contributed by atoms with van der Waals surface area (Å²) in [6, 6.07) is 10.7. The Morgan fingerprint density at radius 3 is 2.47 bits per heavy atom. The molecule has 1 aromatic carbocycles. The van der Waals surface area contributed by atoms with Crippen LogP contribution in [0.3, 0.4) is 0 Å². The van der Waals surface area contributed by atoms with Crippen LogP contribution in [0.4, 0.5) is 0 Å². The van der Waals surface area contributed by atoms with Crippen LogP contribution in [0.25, 0.3) is 5.57 Å². The highest BCUT2D eigenvalue weighted by molar-refractivity contribution is 5.80. The molecule has 0 saturated carbocycles. The molecule has 0 atom stereocenters. The van der Waals surface area contributed by atoms with Crippen molar-refractivity contribution < 1.29 is 9.53 Å². The molecular weight excluding hydrogens is 192 g/mol. The maximum atomic E-state index is 10.7. The Hall–Kier alpha value is -2.28. The van der Waals surface area contributed by atoms with Crippen LogP contribution >= 0.6 is 0 Å². The third-order valence-electron chi connectivity index (χ3n) is 1.67. The van der Waals surface area contributed by atoms with E-state index in [1.165, 1.54) is 6.92 Å². The summed E-state index contributed by atoms with van der Waals surface area (Å²) in [5.74, 6) is -0.715. The minimum Gasteiger partial charge on any atom is -0.409 e. The van der Waals surface area contributed by atoms with Crippen LogP contribution < -0.4 is 5.73 Å². The van der Waals surface area contributed by atoms with Gasteiger partial charge in [0.25, 0.3) is 0 Å². The van der Waals surface area contributed by atoms with Gasteiger partial charge in [-0.3, -0.25) is 4.79 Å². The fraction of sp³-hybridized carbons (Fsp3) is 0.0909. The van der Waals surface area contributed by atoms with E-state index in [0.29, 0.717) is 5.56 Å². The molecule has 76 valence electrons. The van der Waals surface area contributed by atoms with Crippen molar-refractivity contribution in [1.82, 2.24) is 0 Å². The van der Waals surface area contributed by atoms with Gasteiger partial charge in [-0.1, -0.05) is 30.3 Å². The maximum absolute atomic E-state index is 10.7. The van der Waals surface area contributed by atoms with Crippen LogP contribution in [0.1, 0.15) is 12.5 Å². The zero-order chi connectivity index (χ0) is 11.3. The number of ether oxygens (including phenoxy) is 1. The van der Waals surface area contributed by atoms with Crippen LogP contribution in [0, 0.1) is 11.3 Å². The molecule has 0 heterocycles. The number of carbonyl (C=O) groups is 1. The van der Waals surface area contributed by atoms with E-state index < -0.39 is 5.97 Å². The number of esters is 1. The summed E-state index contributed by atoms with van der Waals surface area (Å²) in [5, 5.41) is 8.88. The average molecular weight is 202 g/mol. The minimum absolute atomic E-state index is 0.158. The summed E-state index contributed by atoms with van der Waals surface area (Å²) >= 11 is 0. The zero-order valence-corrected chi connectivity index (χ0v) is 8.23. The number of nitrogens with two attached hydrogens (primary N) is 1. The Kier molecular flexibility index (Phi) is 3.47. The summed E-state index contributed by atoms with van der Waals surface area (Å²) in [6.45, 7) is 1.23. The summed E-state index contributed by atoms with van der Waals surface area (Å²) in [4.78, 5) is 10.7. The Bertz CT molecular complexity index is 430. The first-order chi connectivity index (χ1) is 7.15. The number of allylic oxidation sites excluding steroid dienone is 1. The van der Waals surface area contributed by atoms with Gasteiger partial charge in [0.05, 0.1) is 0 Å². The average Bonchev–Trinajstić information content (AvgIpc) is 2.19. The van der Waals surface area contributed by atoms with E-state index in [1.807, 2.05) is 12.1 Å². The lowest BCUT2D eigenvalue weighted by molar-refractivity contribution is -0.136. The molecular formula is C11H10N2O2. The Morgan fingerprint density at radius 2 is 2.00 bits per heavy atom. The van der Waals surface area contributed by atoms with Gasteiger partial charge in [-0.15, -0.1) is 0 Å². The van der Waals surface area contributed by atoms with Crippen molar-refractivity contribution >= 4 is 11.5 Å². The van der Waals surface area contributed by atoms with Gasteiger partial charge in [0.1, 0.15) is 11.6 Å². The highest BCUT2D eigenvalue weighted by Gasteiger charge is 2.08. The van der Waals surface area contributed by atoms with E-state index in [9.17, 15) is 4.79 Å². The smallest absolute Gasteiger partial charge is 0.309 e. The van der Waals surface area contributed by atoms with Gasteiger partial charge in [0, 0.05) is 6.92 Å². The van der Waals surface area contributed by atoms with Gasteiger partial charge in [0.2, 0.25) is 5.88 Å². The van der Waals surface area contributed by atoms with E-state index in [2.05, 4.69) is 4.74 Å². The molecule has 0 unspecified atom stereocenters. The first-order valence-electron chi connectivity index (χ1n) is 4.29. The molecule has 0 amide bonds. The van der Waals surface area contributed by atoms with Gasteiger partial charge in [-0.2, -0.15) is 5.26 Å². The fourth-order valence-electron chi connectivity index (χ4n) is 1.07. The van der Waals surface area contributed by atoms with Crippen molar-refractivity contribution in [2.24, 2.45) is 5.73 Å². The van der Waals surface area contributed by atoms with E-state index in [0.717, 1.165) is 0 Å². The number of hydrogen-bond donors (Lipinski definition) is 1. The molecule has 0 aliphatic heterocycles. The fourth-order valence-corrected chi connectivity index (χ4v) is 1.07. The molecule has 0 fully saturated rings. The number of benzene rings is 1. The molecule has 0 aromatic heterocycles.